The Morgan fingerprint density at radius 3 is 2.62 bits per heavy atom. The van der Waals surface area contributed by atoms with Crippen LogP contribution in [0.4, 0.5) is 0 Å². The van der Waals surface area contributed by atoms with Gasteiger partial charge in [-0.05, 0) is 35.7 Å². The van der Waals surface area contributed by atoms with Crippen molar-refractivity contribution in [2.24, 2.45) is 0 Å². The van der Waals surface area contributed by atoms with Crippen LogP contribution in [0.3, 0.4) is 0 Å². The summed E-state index contributed by atoms with van der Waals surface area (Å²) in [5.41, 5.74) is 4.03. The van der Waals surface area contributed by atoms with E-state index in [1.165, 1.54) is 0 Å². The number of methoxy groups -OCH3 is 1. The van der Waals surface area contributed by atoms with Crippen LogP contribution in [-0.2, 0) is 4.74 Å². The van der Waals surface area contributed by atoms with E-state index < -0.39 is 5.97 Å². The third-order valence-corrected chi connectivity index (χ3v) is 3.14. The maximum absolute atomic E-state index is 11.1. The highest BCUT2D eigenvalue weighted by Crippen LogP contribution is 2.27. The van der Waals surface area contributed by atoms with Gasteiger partial charge >= 0.3 is 5.97 Å². The van der Waals surface area contributed by atoms with Gasteiger partial charge < -0.3 is 9.84 Å². The molecule has 0 atom stereocenters. The van der Waals surface area contributed by atoms with Crippen LogP contribution < -0.4 is 0 Å². The van der Waals surface area contributed by atoms with Crippen molar-refractivity contribution in [3.05, 3.63) is 59.2 Å². The van der Waals surface area contributed by atoms with E-state index in [0.717, 1.165) is 16.7 Å². The zero-order valence-corrected chi connectivity index (χ0v) is 12.0. The fourth-order valence-electron chi connectivity index (χ4n) is 2.09. The molecule has 0 spiro atoms. The molecule has 0 aliphatic carbocycles. The van der Waals surface area contributed by atoms with Gasteiger partial charge in [-0.2, -0.15) is 0 Å². The van der Waals surface area contributed by atoms with Gasteiger partial charge in [0.2, 0.25) is 0 Å². The van der Waals surface area contributed by atoms with Gasteiger partial charge in [-0.15, -0.1) is 0 Å². The first-order chi connectivity index (χ1) is 10.1. The highest BCUT2D eigenvalue weighted by molar-refractivity contribution is 5.90. The first-order valence-electron chi connectivity index (χ1n) is 6.54. The smallest absolute Gasteiger partial charge is 0.335 e. The molecule has 0 aliphatic heterocycles. The average Bonchev–Trinajstić information content (AvgIpc) is 2.48. The quantitative estimate of drug-likeness (QED) is 0.877. The molecular weight excluding hydrogens is 264 g/mol. The van der Waals surface area contributed by atoms with Crippen molar-refractivity contribution in [3.63, 3.8) is 0 Å². The Morgan fingerprint density at radius 1 is 1.19 bits per heavy atom. The van der Waals surface area contributed by atoms with Crippen molar-refractivity contribution in [2.75, 3.05) is 13.7 Å². The maximum atomic E-state index is 11.1. The second kappa shape index (κ2) is 6.74. The van der Waals surface area contributed by atoms with Crippen LogP contribution in [0.15, 0.2) is 42.5 Å². The molecule has 1 N–H and O–H groups in total. The molecule has 0 saturated heterocycles. The summed E-state index contributed by atoms with van der Waals surface area (Å²) in [5, 5.41) is 9.12. The van der Waals surface area contributed by atoms with Crippen molar-refractivity contribution in [2.45, 2.75) is 6.92 Å². The molecule has 0 bridgehead atoms. The molecule has 0 fully saturated rings. The average molecular weight is 280 g/mol. The summed E-state index contributed by atoms with van der Waals surface area (Å²) in [5.74, 6) is 4.92. The number of ether oxygens (including phenoxy) is 1. The summed E-state index contributed by atoms with van der Waals surface area (Å²) < 4.78 is 4.92. The Bertz CT molecular complexity index is 721. The fourth-order valence-corrected chi connectivity index (χ4v) is 2.09. The summed E-state index contributed by atoms with van der Waals surface area (Å²) in [7, 11) is 1.57. The number of hydrogen-bond donors (Lipinski definition) is 1. The van der Waals surface area contributed by atoms with Crippen LogP contribution in [0, 0.1) is 18.8 Å². The van der Waals surface area contributed by atoms with Crippen LogP contribution in [0.25, 0.3) is 11.1 Å². The molecule has 0 aliphatic rings. The Morgan fingerprint density at radius 2 is 1.95 bits per heavy atom. The van der Waals surface area contributed by atoms with Crippen LogP contribution in [-0.4, -0.2) is 24.8 Å². The molecule has 0 heterocycles. The first kappa shape index (κ1) is 14.8. The van der Waals surface area contributed by atoms with Gasteiger partial charge in [0.15, 0.2) is 0 Å². The lowest BCUT2D eigenvalue weighted by Gasteiger charge is -2.09. The predicted molar refractivity (Wildman–Crippen MR) is 82.3 cm³/mol. The first-order valence-corrected chi connectivity index (χ1v) is 6.54. The summed E-state index contributed by atoms with van der Waals surface area (Å²) >= 11 is 0. The standard InChI is InChI=1S/C18H16O3/c1-13-6-3-4-8-16(13)17-10-9-15(18(19)20)12-14(17)7-5-11-21-2/h3-4,6,8-10,12H,11H2,1-2H3,(H,19,20). The lowest BCUT2D eigenvalue weighted by Crippen LogP contribution is -1.98. The van der Waals surface area contributed by atoms with Crippen LogP contribution in [0.5, 0.6) is 0 Å². The molecule has 106 valence electrons. The van der Waals surface area contributed by atoms with Crippen LogP contribution >= 0.6 is 0 Å². The zero-order chi connectivity index (χ0) is 15.2. The van der Waals surface area contributed by atoms with Gasteiger partial charge in [0.25, 0.3) is 0 Å². The minimum atomic E-state index is -0.957. The van der Waals surface area contributed by atoms with E-state index in [9.17, 15) is 4.79 Å². The molecule has 2 aromatic carbocycles. The summed E-state index contributed by atoms with van der Waals surface area (Å²) in [6, 6.07) is 13.0. The number of hydrogen-bond acceptors (Lipinski definition) is 2. The molecule has 3 heteroatoms. The molecule has 2 aromatic rings. The molecule has 0 radical (unpaired) electrons. The summed E-state index contributed by atoms with van der Waals surface area (Å²) in [6.07, 6.45) is 0. The lowest BCUT2D eigenvalue weighted by molar-refractivity contribution is 0.0697. The number of carboxylic acid groups (broad SMARTS) is 1. The minimum Gasteiger partial charge on any atom is -0.478 e. The lowest BCUT2D eigenvalue weighted by atomic mass is 9.94. The molecule has 2 rings (SSSR count). The van der Waals surface area contributed by atoms with Crippen molar-refractivity contribution >= 4 is 5.97 Å². The Balaban J connectivity index is 2.58. The fraction of sp³-hybridized carbons (Fsp3) is 0.167. The van der Waals surface area contributed by atoms with E-state index in [1.807, 2.05) is 37.3 Å². The van der Waals surface area contributed by atoms with Gasteiger partial charge in [0.05, 0.1) is 5.56 Å². The maximum Gasteiger partial charge on any atom is 0.335 e. The van der Waals surface area contributed by atoms with Gasteiger partial charge in [0, 0.05) is 12.7 Å². The van der Waals surface area contributed by atoms with Gasteiger partial charge in [0.1, 0.15) is 6.61 Å². The molecule has 0 saturated carbocycles. The number of aryl methyl sites for hydroxylation is 1. The zero-order valence-electron chi connectivity index (χ0n) is 12.0. The van der Waals surface area contributed by atoms with E-state index in [2.05, 4.69) is 11.8 Å². The monoisotopic (exact) mass is 280 g/mol. The minimum absolute atomic E-state index is 0.231. The van der Waals surface area contributed by atoms with E-state index in [4.69, 9.17) is 9.84 Å². The Labute approximate surface area is 124 Å². The largest absolute Gasteiger partial charge is 0.478 e. The SMILES string of the molecule is COCC#Cc1cc(C(=O)O)ccc1-c1ccccc1C. The molecule has 21 heavy (non-hydrogen) atoms. The number of carbonyl (C=O) groups is 1. The van der Waals surface area contributed by atoms with Gasteiger partial charge in [-0.25, -0.2) is 4.79 Å². The van der Waals surface area contributed by atoms with E-state index in [0.29, 0.717) is 12.2 Å². The summed E-state index contributed by atoms with van der Waals surface area (Å²) in [4.78, 5) is 11.1. The highest BCUT2D eigenvalue weighted by Gasteiger charge is 2.10. The third kappa shape index (κ3) is 3.50. The molecule has 0 unspecified atom stereocenters. The molecule has 3 nitrogen and oxygen atoms in total. The van der Waals surface area contributed by atoms with E-state index in [-0.39, 0.29) is 5.56 Å². The van der Waals surface area contributed by atoms with Gasteiger partial charge in [-0.1, -0.05) is 42.2 Å². The normalized spacial score (nSPS) is 9.81. The van der Waals surface area contributed by atoms with E-state index >= 15 is 0 Å². The van der Waals surface area contributed by atoms with Crippen molar-refractivity contribution < 1.29 is 14.6 Å². The summed E-state index contributed by atoms with van der Waals surface area (Å²) in [6.45, 7) is 2.33. The Hall–Kier alpha value is -2.57. The Kier molecular flexibility index (Phi) is 4.76. The second-order valence-corrected chi connectivity index (χ2v) is 4.62. The van der Waals surface area contributed by atoms with E-state index in [1.54, 1.807) is 19.2 Å². The molecule has 0 aromatic heterocycles. The topological polar surface area (TPSA) is 46.5 Å². The third-order valence-electron chi connectivity index (χ3n) is 3.14. The number of rotatable bonds is 3. The number of aromatic carboxylic acids is 1. The van der Waals surface area contributed by atoms with Crippen molar-refractivity contribution in [3.8, 4) is 23.0 Å². The number of benzene rings is 2. The predicted octanol–water partition coefficient (Wildman–Crippen LogP) is 3.36. The molecular formula is C18H16O3. The van der Waals surface area contributed by atoms with Crippen LogP contribution in [0.1, 0.15) is 21.5 Å². The van der Waals surface area contributed by atoms with Crippen molar-refractivity contribution in [1.29, 1.82) is 0 Å². The van der Waals surface area contributed by atoms with Crippen LogP contribution in [0.2, 0.25) is 0 Å². The second-order valence-electron chi connectivity index (χ2n) is 4.62. The van der Waals surface area contributed by atoms with Gasteiger partial charge in [-0.3, -0.25) is 0 Å². The number of carboxylic acids is 1. The van der Waals surface area contributed by atoms with Crippen molar-refractivity contribution in [1.82, 2.24) is 0 Å². The highest BCUT2D eigenvalue weighted by atomic mass is 16.5. The molecule has 0 amide bonds.